The smallest absolute Gasteiger partial charge is 0.251 e. The third kappa shape index (κ3) is 3.63. The Morgan fingerprint density at radius 3 is 2.76 bits per heavy atom. The molecule has 0 bridgehead atoms. The molecule has 9 nitrogen and oxygen atoms in total. The molecule has 4 rings (SSSR count). The molecule has 4 aromatic rings. The van der Waals surface area contributed by atoms with Gasteiger partial charge in [-0.25, -0.2) is 15.0 Å². The molecule has 5 N–H and O–H groups in total. The molecule has 0 fully saturated rings. The second kappa shape index (κ2) is 7.64. The van der Waals surface area contributed by atoms with Crippen LogP contribution in [0.1, 0.15) is 16.1 Å². The molecular formula is C20H20N8O. The fourth-order valence-electron chi connectivity index (χ4n) is 3.08. The van der Waals surface area contributed by atoms with Crippen molar-refractivity contribution in [2.75, 3.05) is 18.8 Å². The number of fused-ring (bicyclic) bond motifs is 1. The van der Waals surface area contributed by atoms with Crippen molar-refractivity contribution in [3.8, 4) is 22.8 Å². The van der Waals surface area contributed by atoms with Crippen molar-refractivity contribution in [1.29, 1.82) is 0 Å². The fourth-order valence-corrected chi connectivity index (χ4v) is 3.08. The van der Waals surface area contributed by atoms with E-state index in [1.54, 1.807) is 30.6 Å². The van der Waals surface area contributed by atoms with Gasteiger partial charge in [0.05, 0.1) is 11.4 Å². The number of pyridine rings is 2. The summed E-state index contributed by atoms with van der Waals surface area (Å²) in [4.78, 5) is 30.0. The lowest BCUT2D eigenvalue weighted by Gasteiger charge is -2.07. The number of rotatable bonds is 5. The highest BCUT2D eigenvalue weighted by Crippen LogP contribution is 2.31. The van der Waals surface area contributed by atoms with Crippen molar-refractivity contribution in [1.82, 2.24) is 29.7 Å². The number of aryl methyl sites for hydroxylation is 1. The van der Waals surface area contributed by atoms with Crippen LogP contribution in [0.2, 0.25) is 0 Å². The molecule has 146 valence electrons. The fraction of sp³-hybridized carbons (Fsp3) is 0.150. The number of hydrogen-bond donors (Lipinski definition) is 3. The summed E-state index contributed by atoms with van der Waals surface area (Å²) in [7, 11) is 0. The van der Waals surface area contributed by atoms with Gasteiger partial charge in [0.25, 0.3) is 5.91 Å². The third-order valence-corrected chi connectivity index (χ3v) is 4.37. The van der Waals surface area contributed by atoms with Crippen LogP contribution >= 0.6 is 0 Å². The first kappa shape index (κ1) is 18.5. The van der Waals surface area contributed by atoms with Crippen molar-refractivity contribution in [2.45, 2.75) is 6.92 Å². The van der Waals surface area contributed by atoms with Gasteiger partial charge in [-0.3, -0.25) is 14.2 Å². The quantitative estimate of drug-likeness (QED) is 0.470. The van der Waals surface area contributed by atoms with Gasteiger partial charge in [-0.1, -0.05) is 6.07 Å². The van der Waals surface area contributed by atoms with E-state index in [0.717, 1.165) is 11.4 Å². The van der Waals surface area contributed by atoms with E-state index in [0.29, 0.717) is 41.4 Å². The third-order valence-electron chi connectivity index (χ3n) is 4.37. The number of carbonyl (C=O) groups is 1. The topological polar surface area (TPSA) is 137 Å². The van der Waals surface area contributed by atoms with Crippen LogP contribution in [0.5, 0.6) is 0 Å². The van der Waals surface area contributed by atoms with Crippen LogP contribution in [0.4, 0.5) is 5.95 Å². The van der Waals surface area contributed by atoms with Crippen molar-refractivity contribution in [3.05, 3.63) is 60.0 Å². The zero-order chi connectivity index (χ0) is 20.4. The summed E-state index contributed by atoms with van der Waals surface area (Å²) in [5.41, 5.74) is 15.9. The highest BCUT2D eigenvalue weighted by atomic mass is 16.1. The lowest BCUT2D eigenvalue weighted by Crippen LogP contribution is -2.29. The zero-order valence-corrected chi connectivity index (χ0v) is 15.8. The van der Waals surface area contributed by atoms with Gasteiger partial charge in [0.2, 0.25) is 5.95 Å². The summed E-state index contributed by atoms with van der Waals surface area (Å²) in [6.07, 6.45) is 3.38. The van der Waals surface area contributed by atoms with Crippen LogP contribution in [0.3, 0.4) is 0 Å². The minimum atomic E-state index is -0.205. The van der Waals surface area contributed by atoms with Gasteiger partial charge >= 0.3 is 0 Å². The summed E-state index contributed by atoms with van der Waals surface area (Å²) in [5, 5.41) is 2.76. The van der Waals surface area contributed by atoms with Crippen molar-refractivity contribution in [2.24, 2.45) is 5.73 Å². The summed E-state index contributed by atoms with van der Waals surface area (Å²) >= 11 is 0. The number of nitrogens with two attached hydrogens (primary N) is 2. The average Bonchev–Trinajstić information content (AvgIpc) is 3.10. The van der Waals surface area contributed by atoms with Gasteiger partial charge in [0.15, 0.2) is 0 Å². The second-order valence-electron chi connectivity index (χ2n) is 6.46. The molecule has 4 aromatic heterocycles. The number of nitrogens with one attached hydrogen (secondary N) is 1. The average molecular weight is 388 g/mol. The SMILES string of the molecule is Cc1cccc(-c2nc3cc(C(=O)NCCN)ccn3c2-c2ccnc(N)n2)n1. The number of carbonyl (C=O) groups excluding carboxylic acids is 1. The molecule has 0 unspecified atom stereocenters. The summed E-state index contributed by atoms with van der Waals surface area (Å²) < 4.78 is 1.86. The van der Waals surface area contributed by atoms with E-state index in [1.807, 2.05) is 29.5 Å². The Morgan fingerprint density at radius 2 is 2.00 bits per heavy atom. The van der Waals surface area contributed by atoms with Gasteiger partial charge in [-0.2, -0.15) is 0 Å². The Morgan fingerprint density at radius 1 is 1.14 bits per heavy atom. The maximum absolute atomic E-state index is 12.3. The van der Waals surface area contributed by atoms with Gasteiger partial charge in [-0.15, -0.1) is 0 Å². The molecule has 0 spiro atoms. The minimum absolute atomic E-state index is 0.165. The predicted molar refractivity (Wildman–Crippen MR) is 110 cm³/mol. The van der Waals surface area contributed by atoms with Crippen molar-refractivity contribution < 1.29 is 4.79 Å². The summed E-state index contributed by atoms with van der Waals surface area (Å²) in [5.74, 6) is -0.0394. The molecule has 0 aromatic carbocycles. The van der Waals surface area contributed by atoms with E-state index in [9.17, 15) is 4.79 Å². The monoisotopic (exact) mass is 388 g/mol. The maximum atomic E-state index is 12.3. The van der Waals surface area contributed by atoms with Gasteiger partial charge in [0, 0.05) is 36.7 Å². The van der Waals surface area contributed by atoms with E-state index < -0.39 is 0 Å². The van der Waals surface area contributed by atoms with Crippen molar-refractivity contribution in [3.63, 3.8) is 0 Å². The van der Waals surface area contributed by atoms with E-state index >= 15 is 0 Å². The zero-order valence-electron chi connectivity index (χ0n) is 15.8. The predicted octanol–water partition coefficient (Wildman–Crippen LogP) is 1.43. The number of amides is 1. The second-order valence-corrected chi connectivity index (χ2v) is 6.46. The Balaban J connectivity index is 1.92. The minimum Gasteiger partial charge on any atom is -0.368 e. The normalized spacial score (nSPS) is 11.0. The van der Waals surface area contributed by atoms with Crippen LogP contribution in [0.25, 0.3) is 28.4 Å². The number of imidazole rings is 1. The van der Waals surface area contributed by atoms with Crippen molar-refractivity contribution >= 4 is 17.5 Å². The molecule has 9 heteroatoms. The summed E-state index contributed by atoms with van der Waals surface area (Å²) in [6.45, 7) is 2.70. The number of nitrogens with zero attached hydrogens (tertiary/aromatic N) is 5. The van der Waals surface area contributed by atoms with Gasteiger partial charge in [0.1, 0.15) is 17.0 Å². The van der Waals surface area contributed by atoms with Crippen LogP contribution in [0, 0.1) is 6.92 Å². The van der Waals surface area contributed by atoms with Crippen LogP contribution in [-0.4, -0.2) is 43.3 Å². The standard InChI is InChI=1S/C20H20N8O/c1-12-3-2-4-14(25-12)17-18(15-5-8-24-20(22)26-15)28-10-6-13(11-16(28)27-17)19(29)23-9-7-21/h2-6,8,10-11H,7,9,21H2,1H3,(H,23,29)(H2,22,24,26). The molecule has 0 aliphatic rings. The van der Waals surface area contributed by atoms with E-state index in [4.69, 9.17) is 16.5 Å². The maximum Gasteiger partial charge on any atom is 0.251 e. The molecule has 0 saturated carbocycles. The lowest BCUT2D eigenvalue weighted by atomic mass is 10.1. The first-order valence-electron chi connectivity index (χ1n) is 9.10. The van der Waals surface area contributed by atoms with Crippen LogP contribution < -0.4 is 16.8 Å². The Labute approximate surface area is 166 Å². The number of nitrogen functional groups attached to an aromatic ring is 1. The van der Waals surface area contributed by atoms with E-state index in [2.05, 4.69) is 20.3 Å². The van der Waals surface area contributed by atoms with E-state index in [1.165, 1.54) is 0 Å². The summed E-state index contributed by atoms with van der Waals surface area (Å²) in [6, 6.07) is 10.9. The molecule has 1 amide bonds. The van der Waals surface area contributed by atoms with Crippen LogP contribution in [-0.2, 0) is 0 Å². The molecule has 29 heavy (non-hydrogen) atoms. The van der Waals surface area contributed by atoms with Gasteiger partial charge < -0.3 is 16.8 Å². The number of anilines is 1. The number of aromatic nitrogens is 5. The lowest BCUT2D eigenvalue weighted by molar-refractivity contribution is 0.0954. The van der Waals surface area contributed by atoms with Gasteiger partial charge in [-0.05, 0) is 37.3 Å². The largest absolute Gasteiger partial charge is 0.368 e. The Hall–Kier alpha value is -3.85. The highest BCUT2D eigenvalue weighted by molar-refractivity contribution is 5.95. The Kier molecular flexibility index (Phi) is 4.88. The molecule has 0 aliphatic carbocycles. The van der Waals surface area contributed by atoms with E-state index in [-0.39, 0.29) is 11.9 Å². The highest BCUT2D eigenvalue weighted by Gasteiger charge is 2.19. The number of hydrogen-bond acceptors (Lipinski definition) is 7. The molecule has 0 atom stereocenters. The first-order chi connectivity index (χ1) is 14.1. The molecule has 0 saturated heterocycles. The molecular weight excluding hydrogens is 368 g/mol. The molecule has 0 radical (unpaired) electrons. The molecule has 0 aliphatic heterocycles. The molecule has 4 heterocycles. The Bertz CT molecular complexity index is 1200. The van der Waals surface area contributed by atoms with Crippen LogP contribution in [0.15, 0.2) is 48.8 Å². The first-order valence-corrected chi connectivity index (χ1v) is 9.10.